The van der Waals surface area contributed by atoms with Gasteiger partial charge in [0, 0.05) is 24.5 Å². The number of aromatic nitrogens is 2. The van der Waals surface area contributed by atoms with Crippen LogP contribution in [-0.2, 0) is 0 Å². The van der Waals surface area contributed by atoms with E-state index in [1.807, 2.05) is 31.2 Å². The molecule has 0 spiro atoms. The first-order valence-corrected chi connectivity index (χ1v) is 8.34. The minimum absolute atomic E-state index is 0.228. The first kappa shape index (κ1) is 18.2. The minimum Gasteiger partial charge on any atom is -0.497 e. The van der Waals surface area contributed by atoms with Crippen LogP contribution >= 0.6 is 0 Å². The van der Waals surface area contributed by atoms with E-state index in [9.17, 15) is 4.79 Å². The summed E-state index contributed by atoms with van der Waals surface area (Å²) in [5.74, 6) is 1.72. The fourth-order valence-corrected chi connectivity index (χ4v) is 2.38. The van der Waals surface area contributed by atoms with Crippen LogP contribution in [0.4, 0.5) is 11.6 Å². The van der Waals surface area contributed by atoms with Gasteiger partial charge in [-0.2, -0.15) is 4.98 Å². The van der Waals surface area contributed by atoms with Crippen molar-refractivity contribution in [2.24, 2.45) is 0 Å². The van der Waals surface area contributed by atoms with Crippen LogP contribution in [0.2, 0.25) is 0 Å². The Bertz CT molecular complexity index is 942. The molecule has 7 heteroatoms. The van der Waals surface area contributed by atoms with E-state index in [4.69, 9.17) is 9.47 Å². The first-order chi connectivity index (χ1) is 13.1. The number of ether oxygens (including phenoxy) is 2. The second kappa shape index (κ2) is 8.18. The zero-order valence-corrected chi connectivity index (χ0v) is 15.3. The lowest BCUT2D eigenvalue weighted by Crippen LogP contribution is -2.18. The zero-order chi connectivity index (χ0) is 19.2. The number of nitrogens with zero attached hydrogens (tertiary/aromatic N) is 2. The van der Waals surface area contributed by atoms with Gasteiger partial charge in [-0.15, -0.1) is 0 Å². The Morgan fingerprint density at radius 2 is 1.81 bits per heavy atom. The van der Waals surface area contributed by atoms with E-state index in [1.54, 1.807) is 44.6 Å². The maximum Gasteiger partial charge on any atom is 0.254 e. The zero-order valence-electron chi connectivity index (χ0n) is 15.3. The highest BCUT2D eigenvalue weighted by Gasteiger charge is 2.14. The number of carbonyl (C=O) groups excluding carboxylic acids is 1. The van der Waals surface area contributed by atoms with E-state index in [0.29, 0.717) is 23.1 Å². The van der Waals surface area contributed by atoms with Crippen LogP contribution in [0.5, 0.6) is 17.4 Å². The number of para-hydroxylation sites is 1. The summed E-state index contributed by atoms with van der Waals surface area (Å²) in [6.45, 7) is 1.84. The molecule has 1 heterocycles. The second-order valence-electron chi connectivity index (χ2n) is 5.71. The molecule has 1 aromatic heterocycles. The van der Waals surface area contributed by atoms with E-state index in [-0.39, 0.29) is 5.91 Å². The molecule has 0 unspecified atom stereocenters. The van der Waals surface area contributed by atoms with Gasteiger partial charge in [0.2, 0.25) is 11.8 Å². The minimum atomic E-state index is -0.228. The molecule has 2 N–H and O–H groups in total. The van der Waals surface area contributed by atoms with Gasteiger partial charge in [0.05, 0.1) is 12.7 Å². The van der Waals surface area contributed by atoms with Gasteiger partial charge < -0.3 is 20.1 Å². The van der Waals surface area contributed by atoms with Crippen LogP contribution in [0.1, 0.15) is 15.9 Å². The molecule has 0 aliphatic rings. The average molecular weight is 364 g/mol. The maximum absolute atomic E-state index is 12.0. The van der Waals surface area contributed by atoms with E-state index < -0.39 is 0 Å². The fourth-order valence-electron chi connectivity index (χ4n) is 2.38. The molecule has 0 atom stereocenters. The number of methoxy groups -OCH3 is 1. The number of carbonyl (C=O) groups is 1. The molecular formula is C20H20N4O3. The van der Waals surface area contributed by atoms with E-state index >= 15 is 0 Å². The summed E-state index contributed by atoms with van der Waals surface area (Å²) in [7, 11) is 3.19. The predicted octanol–water partition coefficient (Wildman–Crippen LogP) is 3.69. The molecule has 3 rings (SSSR count). The Balaban J connectivity index is 1.84. The second-order valence-corrected chi connectivity index (χ2v) is 5.71. The van der Waals surface area contributed by atoms with Gasteiger partial charge in [0.1, 0.15) is 11.5 Å². The van der Waals surface area contributed by atoms with E-state index in [0.717, 1.165) is 17.0 Å². The smallest absolute Gasteiger partial charge is 0.254 e. The Morgan fingerprint density at radius 3 is 2.52 bits per heavy atom. The normalized spacial score (nSPS) is 10.2. The van der Waals surface area contributed by atoms with Gasteiger partial charge in [-0.1, -0.05) is 12.1 Å². The van der Waals surface area contributed by atoms with Crippen LogP contribution in [0.15, 0.2) is 54.7 Å². The summed E-state index contributed by atoms with van der Waals surface area (Å²) in [6.07, 6.45) is 1.66. The highest BCUT2D eigenvalue weighted by molar-refractivity contribution is 5.96. The summed E-state index contributed by atoms with van der Waals surface area (Å²) < 4.78 is 11.1. The fraction of sp³-hybridized carbons (Fsp3) is 0.150. The molecule has 7 nitrogen and oxygen atoms in total. The monoisotopic (exact) mass is 364 g/mol. The molecule has 0 saturated heterocycles. The molecular weight excluding hydrogens is 344 g/mol. The average Bonchev–Trinajstić information content (AvgIpc) is 2.71. The highest BCUT2D eigenvalue weighted by Crippen LogP contribution is 2.27. The summed E-state index contributed by atoms with van der Waals surface area (Å²) >= 11 is 0. The van der Waals surface area contributed by atoms with Crippen LogP contribution < -0.4 is 20.1 Å². The number of benzene rings is 2. The van der Waals surface area contributed by atoms with Crippen molar-refractivity contribution < 1.29 is 14.3 Å². The van der Waals surface area contributed by atoms with Crippen LogP contribution in [0.3, 0.4) is 0 Å². The molecule has 0 fully saturated rings. The molecule has 2 aromatic carbocycles. The van der Waals surface area contributed by atoms with Gasteiger partial charge in [-0.3, -0.25) is 4.79 Å². The lowest BCUT2D eigenvalue weighted by Gasteiger charge is -2.12. The quantitative estimate of drug-likeness (QED) is 0.694. The van der Waals surface area contributed by atoms with Crippen molar-refractivity contribution in [3.05, 3.63) is 65.9 Å². The topological polar surface area (TPSA) is 85.4 Å². The van der Waals surface area contributed by atoms with Gasteiger partial charge in [0.15, 0.2) is 0 Å². The van der Waals surface area contributed by atoms with Crippen LogP contribution in [-0.4, -0.2) is 30.0 Å². The van der Waals surface area contributed by atoms with Crippen molar-refractivity contribution in [1.82, 2.24) is 15.3 Å². The lowest BCUT2D eigenvalue weighted by atomic mass is 10.2. The molecule has 3 aromatic rings. The van der Waals surface area contributed by atoms with Crippen LogP contribution in [0.25, 0.3) is 0 Å². The lowest BCUT2D eigenvalue weighted by molar-refractivity contribution is 0.0960. The first-order valence-electron chi connectivity index (χ1n) is 8.34. The number of rotatable bonds is 6. The third-order valence-electron chi connectivity index (χ3n) is 3.84. The Kier molecular flexibility index (Phi) is 5.51. The SMILES string of the molecule is CNC(=O)c1ccccc1Oc1nc(Nc2ccc(OC)cc2)ncc1C. The third kappa shape index (κ3) is 4.33. The molecule has 0 aliphatic heterocycles. The van der Waals surface area contributed by atoms with Crippen molar-refractivity contribution in [3.8, 4) is 17.4 Å². The maximum atomic E-state index is 12.0. The third-order valence-corrected chi connectivity index (χ3v) is 3.84. The van der Waals surface area contributed by atoms with Crippen LogP contribution in [0, 0.1) is 6.92 Å². The summed E-state index contributed by atoms with van der Waals surface area (Å²) in [4.78, 5) is 20.7. The van der Waals surface area contributed by atoms with Gasteiger partial charge >= 0.3 is 0 Å². The number of aryl methyl sites for hydroxylation is 1. The van der Waals surface area contributed by atoms with Gasteiger partial charge in [-0.25, -0.2) is 4.98 Å². The Morgan fingerprint density at radius 1 is 1.07 bits per heavy atom. The summed E-state index contributed by atoms with van der Waals surface area (Å²) in [5.41, 5.74) is 2.00. The molecule has 138 valence electrons. The van der Waals surface area contributed by atoms with Gasteiger partial charge in [-0.05, 0) is 43.3 Å². The number of nitrogens with one attached hydrogen (secondary N) is 2. The van der Waals surface area contributed by atoms with E-state index in [1.165, 1.54) is 0 Å². The molecule has 27 heavy (non-hydrogen) atoms. The summed E-state index contributed by atoms with van der Waals surface area (Å²) in [6, 6.07) is 14.4. The molecule has 0 radical (unpaired) electrons. The standard InChI is InChI=1S/C20H20N4O3/c1-13-12-22-20(23-14-8-10-15(26-3)11-9-14)24-19(13)27-17-7-5-4-6-16(17)18(25)21-2/h4-12H,1-3H3,(H,21,25)(H,22,23,24). The largest absolute Gasteiger partial charge is 0.497 e. The van der Waals surface area contributed by atoms with E-state index in [2.05, 4.69) is 20.6 Å². The molecule has 0 aliphatic carbocycles. The molecule has 1 amide bonds. The van der Waals surface area contributed by atoms with Gasteiger partial charge in [0.25, 0.3) is 5.91 Å². The Hall–Kier alpha value is -3.61. The van der Waals surface area contributed by atoms with Crippen molar-refractivity contribution in [1.29, 1.82) is 0 Å². The number of hydrogen-bond acceptors (Lipinski definition) is 6. The number of anilines is 2. The highest BCUT2D eigenvalue weighted by atomic mass is 16.5. The van der Waals surface area contributed by atoms with Crippen molar-refractivity contribution in [2.45, 2.75) is 6.92 Å². The summed E-state index contributed by atoms with van der Waals surface area (Å²) in [5, 5.41) is 5.72. The Labute approximate surface area is 157 Å². The predicted molar refractivity (Wildman–Crippen MR) is 103 cm³/mol. The number of hydrogen-bond donors (Lipinski definition) is 2. The molecule has 0 bridgehead atoms. The van der Waals surface area contributed by atoms with Crippen molar-refractivity contribution >= 4 is 17.5 Å². The van der Waals surface area contributed by atoms with Crippen molar-refractivity contribution in [3.63, 3.8) is 0 Å². The molecule has 0 saturated carbocycles. The van der Waals surface area contributed by atoms with Crippen molar-refractivity contribution in [2.75, 3.05) is 19.5 Å². The number of amides is 1.